The molecule has 0 saturated carbocycles. The van der Waals surface area contributed by atoms with E-state index in [-0.39, 0.29) is 10.6 Å². The van der Waals surface area contributed by atoms with Crippen LogP contribution in [-0.2, 0) is 0 Å². The molecule has 0 radical (unpaired) electrons. The Morgan fingerprint density at radius 3 is 2.58 bits per heavy atom. The molecule has 7 heteroatoms. The summed E-state index contributed by atoms with van der Waals surface area (Å²) in [4.78, 5) is 14.7. The minimum Gasteiger partial charge on any atom is -0.478 e. The highest BCUT2D eigenvalue weighted by Crippen LogP contribution is 2.29. The maximum Gasteiger partial charge on any atom is 0.337 e. The highest BCUT2D eigenvalue weighted by atomic mass is 79.9. The van der Waals surface area contributed by atoms with Crippen molar-refractivity contribution < 1.29 is 9.90 Å². The molecular formula is C12H7BrCl2N2O2. The number of carboxylic acid groups (broad SMARTS) is 1. The molecule has 1 aromatic heterocycles. The number of rotatable bonds is 3. The Kier molecular flexibility index (Phi) is 4.29. The summed E-state index contributed by atoms with van der Waals surface area (Å²) < 4.78 is 0.734. The number of aromatic carboxylic acids is 1. The predicted molar refractivity (Wildman–Crippen MR) is 78.6 cm³/mol. The molecule has 2 aromatic rings. The van der Waals surface area contributed by atoms with Crippen LogP contribution in [0.4, 0.5) is 11.5 Å². The van der Waals surface area contributed by atoms with Gasteiger partial charge in [0.05, 0.1) is 15.6 Å². The Labute approximate surface area is 127 Å². The van der Waals surface area contributed by atoms with Gasteiger partial charge in [0.25, 0.3) is 0 Å². The number of pyridine rings is 1. The first-order valence-corrected chi connectivity index (χ1v) is 6.63. The average molecular weight is 362 g/mol. The van der Waals surface area contributed by atoms with E-state index in [2.05, 4.69) is 26.2 Å². The van der Waals surface area contributed by atoms with Gasteiger partial charge in [-0.05, 0) is 40.2 Å². The highest BCUT2D eigenvalue weighted by Gasteiger charge is 2.09. The molecule has 19 heavy (non-hydrogen) atoms. The normalized spacial score (nSPS) is 10.3. The number of hydrogen-bond acceptors (Lipinski definition) is 3. The largest absolute Gasteiger partial charge is 0.478 e. The van der Waals surface area contributed by atoms with Crippen molar-refractivity contribution in [2.75, 3.05) is 5.32 Å². The topological polar surface area (TPSA) is 62.2 Å². The van der Waals surface area contributed by atoms with Crippen molar-refractivity contribution in [1.29, 1.82) is 0 Å². The minimum absolute atomic E-state index is 0.0350. The molecule has 0 aliphatic rings. The summed E-state index contributed by atoms with van der Waals surface area (Å²) in [6.45, 7) is 0. The first-order valence-electron chi connectivity index (χ1n) is 5.08. The molecule has 0 fully saturated rings. The predicted octanol–water partition coefficient (Wildman–Crippen LogP) is 4.59. The number of carboxylic acids is 1. The average Bonchev–Trinajstić information content (AvgIpc) is 2.36. The molecule has 0 aliphatic heterocycles. The molecule has 2 rings (SSSR count). The van der Waals surface area contributed by atoms with Crippen LogP contribution >= 0.6 is 39.1 Å². The lowest BCUT2D eigenvalue weighted by Crippen LogP contribution is -2.00. The number of nitrogens with zero attached hydrogens (tertiary/aromatic N) is 1. The molecule has 2 N–H and O–H groups in total. The van der Waals surface area contributed by atoms with E-state index in [1.165, 1.54) is 12.3 Å². The molecule has 0 bridgehead atoms. The second kappa shape index (κ2) is 5.77. The van der Waals surface area contributed by atoms with E-state index >= 15 is 0 Å². The van der Waals surface area contributed by atoms with E-state index in [4.69, 9.17) is 28.3 Å². The SMILES string of the molecule is O=C(O)c1cnc(Nc2ccc(Cl)c(Br)c2)c(Cl)c1. The van der Waals surface area contributed by atoms with Crippen LogP contribution in [-0.4, -0.2) is 16.1 Å². The van der Waals surface area contributed by atoms with E-state index in [1.807, 2.05) is 0 Å². The third-order valence-corrected chi connectivity index (χ3v) is 3.77. The first-order chi connectivity index (χ1) is 8.97. The second-order valence-corrected chi connectivity index (χ2v) is 5.28. The van der Waals surface area contributed by atoms with Crippen molar-refractivity contribution in [2.45, 2.75) is 0 Å². The number of anilines is 2. The first kappa shape index (κ1) is 14.1. The Morgan fingerprint density at radius 1 is 1.26 bits per heavy atom. The lowest BCUT2D eigenvalue weighted by molar-refractivity contribution is 0.0696. The van der Waals surface area contributed by atoms with Gasteiger partial charge in [0.1, 0.15) is 5.82 Å². The standard InChI is InChI=1S/C12H7BrCl2N2O2/c13-8-4-7(1-2-9(8)14)17-11-10(15)3-6(5-16-11)12(18)19/h1-5H,(H,16,17)(H,18,19). The van der Waals surface area contributed by atoms with Gasteiger partial charge in [-0.1, -0.05) is 23.2 Å². The van der Waals surface area contributed by atoms with Crippen LogP contribution in [0.2, 0.25) is 10.0 Å². The number of hydrogen-bond donors (Lipinski definition) is 2. The van der Waals surface area contributed by atoms with Crippen molar-refractivity contribution in [2.24, 2.45) is 0 Å². The Hall–Kier alpha value is -1.30. The third kappa shape index (κ3) is 3.37. The zero-order valence-electron chi connectivity index (χ0n) is 9.32. The number of aromatic nitrogens is 1. The summed E-state index contributed by atoms with van der Waals surface area (Å²) in [7, 11) is 0. The molecule has 0 aliphatic carbocycles. The lowest BCUT2D eigenvalue weighted by Gasteiger charge is -2.08. The van der Waals surface area contributed by atoms with Crippen molar-refractivity contribution in [3.05, 3.63) is 50.5 Å². The van der Waals surface area contributed by atoms with Gasteiger partial charge in [-0.2, -0.15) is 0 Å². The van der Waals surface area contributed by atoms with Crippen molar-refractivity contribution >= 4 is 56.6 Å². The Balaban J connectivity index is 2.28. The highest BCUT2D eigenvalue weighted by molar-refractivity contribution is 9.10. The van der Waals surface area contributed by atoms with Crippen LogP contribution < -0.4 is 5.32 Å². The van der Waals surface area contributed by atoms with Gasteiger partial charge in [0.15, 0.2) is 0 Å². The fourth-order valence-electron chi connectivity index (χ4n) is 1.36. The number of halogens is 3. The number of benzene rings is 1. The van der Waals surface area contributed by atoms with Gasteiger partial charge < -0.3 is 10.4 Å². The van der Waals surface area contributed by atoms with Gasteiger partial charge in [0, 0.05) is 16.4 Å². The number of nitrogens with one attached hydrogen (secondary N) is 1. The molecule has 0 saturated heterocycles. The lowest BCUT2D eigenvalue weighted by atomic mass is 10.2. The molecule has 98 valence electrons. The van der Waals surface area contributed by atoms with E-state index in [0.29, 0.717) is 10.8 Å². The minimum atomic E-state index is -1.07. The maximum atomic E-state index is 10.8. The van der Waals surface area contributed by atoms with Crippen molar-refractivity contribution in [3.8, 4) is 0 Å². The zero-order chi connectivity index (χ0) is 14.0. The van der Waals surface area contributed by atoms with Crippen molar-refractivity contribution in [3.63, 3.8) is 0 Å². The monoisotopic (exact) mass is 360 g/mol. The summed E-state index contributed by atoms with van der Waals surface area (Å²) >= 11 is 15.2. The van der Waals surface area contributed by atoms with Crippen molar-refractivity contribution in [1.82, 2.24) is 4.98 Å². The fourth-order valence-corrected chi connectivity index (χ4v) is 2.07. The van der Waals surface area contributed by atoms with Gasteiger partial charge >= 0.3 is 5.97 Å². The van der Waals surface area contributed by atoms with Crippen LogP contribution in [0, 0.1) is 0 Å². The van der Waals surface area contributed by atoms with Crippen LogP contribution in [0.5, 0.6) is 0 Å². The van der Waals surface area contributed by atoms with Crippen LogP contribution in [0.3, 0.4) is 0 Å². The van der Waals surface area contributed by atoms with Gasteiger partial charge in [0.2, 0.25) is 0 Å². The van der Waals surface area contributed by atoms with Gasteiger partial charge in [-0.3, -0.25) is 0 Å². The maximum absolute atomic E-state index is 10.8. The molecule has 1 heterocycles. The summed E-state index contributed by atoms with van der Waals surface area (Å²) in [6, 6.07) is 6.58. The van der Waals surface area contributed by atoms with Crippen LogP contribution in [0.15, 0.2) is 34.9 Å². The van der Waals surface area contributed by atoms with Crippen LogP contribution in [0.1, 0.15) is 10.4 Å². The summed E-state index contributed by atoms with van der Waals surface area (Å²) in [5.74, 6) is -0.698. The summed E-state index contributed by atoms with van der Waals surface area (Å²) in [5.41, 5.74) is 0.765. The molecule has 0 amide bonds. The van der Waals surface area contributed by atoms with Gasteiger partial charge in [-0.15, -0.1) is 0 Å². The Morgan fingerprint density at radius 2 is 2.00 bits per heavy atom. The molecular weight excluding hydrogens is 355 g/mol. The van der Waals surface area contributed by atoms with E-state index in [9.17, 15) is 4.79 Å². The molecule has 0 unspecified atom stereocenters. The Bertz CT molecular complexity index is 650. The summed E-state index contributed by atoms with van der Waals surface area (Å²) in [5, 5.41) is 12.6. The van der Waals surface area contributed by atoms with E-state index < -0.39 is 5.97 Å². The molecule has 1 aromatic carbocycles. The molecule has 0 atom stereocenters. The van der Waals surface area contributed by atoms with E-state index in [0.717, 1.165) is 10.2 Å². The molecule has 0 spiro atoms. The smallest absolute Gasteiger partial charge is 0.337 e. The second-order valence-electron chi connectivity index (χ2n) is 3.61. The fraction of sp³-hybridized carbons (Fsp3) is 0. The zero-order valence-corrected chi connectivity index (χ0v) is 12.4. The molecule has 4 nitrogen and oxygen atoms in total. The summed E-state index contributed by atoms with van der Waals surface area (Å²) in [6.07, 6.45) is 1.24. The van der Waals surface area contributed by atoms with Crippen LogP contribution in [0.25, 0.3) is 0 Å². The van der Waals surface area contributed by atoms with E-state index in [1.54, 1.807) is 18.2 Å². The van der Waals surface area contributed by atoms with Gasteiger partial charge in [-0.25, -0.2) is 9.78 Å². The third-order valence-electron chi connectivity index (χ3n) is 2.27. The quantitative estimate of drug-likeness (QED) is 0.839. The number of carbonyl (C=O) groups is 1.